The molecule has 0 N–H and O–H groups in total. The van der Waals surface area contributed by atoms with Crippen LogP contribution in [0.25, 0.3) is 10.4 Å². The maximum atomic E-state index is 13.1. The predicted molar refractivity (Wildman–Crippen MR) is 53.4 cm³/mol. The smallest absolute Gasteiger partial charge is 0.161 e. The van der Waals surface area contributed by atoms with Gasteiger partial charge in [-0.2, -0.15) is 0 Å². The maximum absolute atomic E-state index is 13.1. The molecule has 0 aromatic heterocycles. The molecule has 5 heteroatoms. The molecule has 0 radical (unpaired) electrons. The van der Waals surface area contributed by atoms with Crippen LogP contribution in [0.15, 0.2) is 17.2 Å². The zero-order chi connectivity index (χ0) is 11.4. The molecule has 1 aromatic rings. The van der Waals surface area contributed by atoms with Gasteiger partial charge in [0.25, 0.3) is 0 Å². The highest BCUT2D eigenvalue weighted by molar-refractivity contribution is 5.28. The van der Waals surface area contributed by atoms with Crippen molar-refractivity contribution in [3.63, 3.8) is 0 Å². The van der Waals surface area contributed by atoms with Crippen molar-refractivity contribution in [1.29, 1.82) is 0 Å². The van der Waals surface area contributed by atoms with Gasteiger partial charge in [0.2, 0.25) is 0 Å². The topological polar surface area (TPSA) is 48.8 Å². The highest BCUT2D eigenvalue weighted by Crippen LogP contribution is 2.17. The van der Waals surface area contributed by atoms with Crippen molar-refractivity contribution in [2.75, 3.05) is 0 Å². The van der Waals surface area contributed by atoms with Gasteiger partial charge in [0, 0.05) is 11.0 Å². The van der Waals surface area contributed by atoms with Crippen LogP contribution in [0, 0.1) is 18.6 Å². The van der Waals surface area contributed by atoms with Crippen LogP contribution in [0.5, 0.6) is 0 Å². The van der Waals surface area contributed by atoms with E-state index in [-0.39, 0.29) is 11.6 Å². The first-order chi connectivity index (χ1) is 7.06. The summed E-state index contributed by atoms with van der Waals surface area (Å²) >= 11 is 0. The summed E-state index contributed by atoms with van der Waals surface area (Å²) in [5.74, 6) is -1.69. The molecule has 15 heavy (non-hydrogen) atoms. The van der Waals surface area contributed by atoms with E-state index in [0.717, 1.165) is 6.07 Å². The van der Waals surface area contributed by atoms with E-state index in [1.54, 1.807) is 6.92 Å². The van der Waals surface area contributed by atoms with E-state index in [9.17, 15) is 8.78 Å². The van der Waals surface area contributed by atoms with Crippen LogP contribution in [0.1, 0.15) is 18.1 Å². The van der Waals surface area contributed by atoms with E-state index in [1.165, 1.54) is 13.0 Å². The van der Waals surface area contributed by atoms with Gasteiger partial charge in [-0.15, -0.1) is 0 Å². The first kappa shape index (κ1) is 11.5. The van der Waals surface area contributed by atoms with Gasteiger partial charge in [0.15, 0.2) is 11.6 Å². The van der Waals surface area contributed by atoms with Crippen LogP contribution >= 0.6 is 0 Å². The third-order valence-corrected chi connectivity index (χ3v) is 2.22. The molecule has 0 heterocycles. The van der Waals surface area contributed by atoms with Crippen molar-refractivity contribution in [2.45, 2.75) is 26.3 Å². The number of halogens is 2. The third kappa shape index (κ3) is 2.67. The Hall–Kier alpha value is -1.61. The van der Waals surface area contributed by atoms with E-state index in [4.69, 9.17) is 5.53 Å². The lowest BCUT2D eigenvalue weighted by Crippen LogP contribution is -2.05. The molecule has 0 spiro atoms. The van der Waals surface area contributed by atoms with Gasteiger partial charge in [0.1, 0.15) is 0 Å². The first-order valence-electron chi connectivity index (χ1n) is 4.54. The fraction of sp³-hybridized carbons (Fsp3) is 0.400. The minimum absolute atomic E-state index is 0.265. The Kier molecular flexibility index (Phi) is 3.63. The van der Waals surface area contributed by atoms with Crippen LogP contribution in [0.4, 0.5) is 8.78 Å². The molecule has 3 nitrogen and oxygen atoms in total. The standard InChI is InChI=1S/C10H11F2N3/c1-6(14-15-13)5-8-3-4-9(11)10(12)7(8)2/h3-4,6H,5H2,1-2H3. The van der Waals surface area contributed by atoms with Gasteiger partial charge in [-0.1, -0.05) is 18.1 Å². The van der Waals surface area contributed by atoms with Crippen LogP contribution < -0.4 is 0 Å². The Labute approximate surface area is 86.4 Å². The van der Waals surface area contributed by atoms with Crippen molar-refractivity contribution >= 4 is 0 Å². The van der Waals surface area contributed by atoms with E-state index < -0.39 is 11.6 Å². The van der Waals surface area contributed by atoms with Crippen molar-refractivity contribution in [3.05, 3.63) is 45.3 Å². The summed E-state index contributed by atoms with van der Waals surface area (Å²) in [6.45, 7) is 3.23. The molecular formula is C10H11F2N3. The SMILES string of the molecule is Cc1c(CC(C)N=[N+]=[N-])ccc(F)c1F. The van der Waals surface area contributed by atoms with E-state index in [0.29, 0.717) is 12.0 Å². The van der Waals surface area contributed by atoms with Crippen LogP contribution in [-0.2, 0) is 6.42 Å². The van der Waals surface area contributed by atoms with Gasteiger partial charge in [-0.05, 0) is 36.1 Å². The van der Waals surface area contributed by atoms with Crippen LogP contribution in [-0.4, -0.2) is 6.04 Å². The largest absolute Gasteiger partial charge is 0.204 e. The molecule has 1 aromatic carbocycles. The average molecular weight is 211 g/mol. The molecule has 0 fully saturated rings. The monoisotopic (exact) mass is 211 g/mol. The van der Waals surface area contributed by atoms with E-state index >= 15 is 0 Å². The summed E-state index contributed by atoms with van der Waals surface area (Å²) in [4.78, 5) is 2.66. The molecule has 0 aliphatic heterocycles. The molecule has 0 saturated heterocycles. The molecular weight excluding hydrogens is 200 g/mol. The summed E-state index contributed by atoms with van der Waals surface area (Å²) in [5.41, 5.74) is 9.14. The summed E-state index contributed by atoms with van der Waals surface area (Å²) in [6.07, 6.45) is 0.410. The summed E-state index contributed by atoms with van der Waals surface area (Å²) in [6, 6.07) is 2.33. The lowest BCUT2D eigenvalue weighted by molar-refractivity contribution is 0.500. The first-order valence-corrected chi connectivity index (χ1v) is 4.54. The highest BCUT2D eigenvalue weighted by Gasteiger charge is 2.11. The zero-order valence-electron chi connectivity index (χ0n) is 8.54. The number of hydrogen-bond donors (Lipinski definition) is 0. The van der Waals surface area contributed by atoms with E-state index in [1.807, 2.05) is 0 Å². The second-order valence-corrected chi connectivity index (χ2v) is 3.40. The lowest BCUT2D eigenvalue weighted by Gasteiger charge is -2.09. The molecule has 0 bridgehead atoms. The van der Waals surface area contributed by atoms with Gasteiger partial charge >= 0.3 is 0 Å². The number of nitrogens with zero attached hydrogens (tertiary/aromatic N) is 3. The third-order valence-electron chi connectivity index (χ3n) is 2.22. The lowest BCUT2D eigenvalue weighted by atomic mass is 10.0. The Morgan fingerprint density at radius 2 is 2.13 bits per heavy atom. The number of azide groups is 1. The molecule has 0 amide bonds. The van der Waals surface area contributed by atoms with Crippen LogP contribution in [0.2, 0.25) is 0 Å². The van der Waals surface area contributed by atoms with Gasteiger partial charge in [-0.25, -0.2) is 8.78 Å². The predicted octanol–water partition coefficient (Wildman–Crippen LogP) is 3.51. The number of hydrogen-bond acceptors (Lipinski definition) is 1. The van der Waals surface area contributed by atoms with Crippen molar-refractivity contribution in [3.8, 4) is 0 Å². The number of rotatable bonds is 3. The Morgan fingerprint density at radius 1 is 1.47 bits per heavy atom. The summed E-state index contributed by atoms with van der Waals surface area (Å²) in [7, 11) is 0. The Bertz CT molecular complexity index is 411. The Morgan fingerprint density at radius 3 is 2.73 bits per heavy atom. The molecule has 1 unspecified atom stereocenters. The summed E-state index contributed by atoms with van der Waals surface area (Å²) in [5, 5.41) is 3.48. The molecule has 1 atom stereocenters. The minimum Gasteiger partial charge on any atom is -0.204 e. The zero-order valence-corrected chi connectivity index (χ0v) is 8.54. The van der Waals surface area contributed by atoms with Gasteiger partial charge in [-0.3, -0.25) is 0 Å². The van der Waals surface area contributed by atoms with E-state index in [2.05, 4.69) is 10.0 Å². The van der Waals surface area contributed by atoms with Gasteiger partial charge < -0.3 is 0 Å². The molecule has 0 aliphatic carbocycles. The minimum atomic E-state index is -0.854. The average Bonchev–Trinajstić information content (AvgIpc) is 2.20. The fourth-order valence-corrected chi connectivity index (χ4v) is 1.36. The molecule has 0 aliphatic rings. The number of benzene rings is 1. The van der Waals surface area contributed by atoms with Crippen molar-refractivity contribution < 1.29 is 8.78 Å². The fourth-order valence-electron chi connectivity index (χ4n) is 1.36. The normalized spacial score (nSPS) is 12.0. The molecule has 0 saturated carbocycles. The second kappa shape index (κ2) is 4.75. The maximum Gasteiger partial charge on any atom is 0.161 e. The highest BCUT2D eigenvalue weighted by atomic mass is 19.2. The van der Waals surface area contributed by atoms with Crippen LogP contribution in [0.3, 0.4) is 0 Å². The molecule has 80 valence electrons. The second-order valence-electron chi connectivity index (χ2n) is 3.40. The molecule has 1 rings (SSSR count). The van der Waals surface area contributed by atoms with Crippen molar-refractivity contribution in [1.82, 2.24) is 0 Å². The quantitative estimate of drug-likeness (QED) is 0.417. The Balaban J connectivity index is 2.96. The van der Waals surface area contributed by atoms with Crippen molar-refractivity contribution in [2.24, 2.45) is 5.11 Å². The summed E-state index contributed by atoms with van der Waals surface area (Å²) < 4.78 is 25.9. The van der Waals surface area contributed by atoms with Gasteiger partial charge in [0.05, 0.1) is 0 Å².